The van der Waals surface area contributed by atoms with E-state index in [-0.39, 0.29) is 18.3 Å². The molecule has 0 aliphatic heterocycles. The van der Waals surface area contributed by atoms with E-state index < -0.39 is 0 Å². The Morgan fingerprint density at radius 3 is 2.63 bits per heavy atom. The summed E-state index contributed by atoms with van der Waals surface area (Å²) < 4.78 is 1.17. The Morgan fingerprint density at radius 2 is 1.96 bits per heavy atom. The Morgan fingerprint density at radius 1 is 1.19 bits per heavy atom. The zero-order valence-corrected chi connectivity index (χ0v) is 18.6. The maximum atomic E-state index is 13.0. The van der Waals surface area contributed by atoms with Crippen LogP contribution in [0.2, 0.25) is 0 Å². The van der Waals surface area contributed by atoms with Crippen LogP contribution >= 0.6 is 35.1 Å². The number of carbonyl (C=O) groups excluding carboxylic acids is 1. The molecule has 0 fully saturated rings. The van der Waals surface area contributed by atoms with E-state index in [2.05, 4.69) is 45.0 Å². The predicted molar refractivity (Wildman–Crippen MR) is 120 cm³/mol. The molecule has 4 nitrogen and oxygen atoms in total. The first kappa shape index (κ1) is 21.8. The van der Waals surface area contributed by atoms with Crippen LogP contribution in [0.5, 0.6) is 0 Å². The molecule has 0 bridgehead atoms. The highest BCUT2D eigenvalue weighted by Crippen LogP contribution is 2.32. The molecule has 2 aromatic heterocycles. The third-order valence-electron chi connectivity index (χ3n) is 4.23. The van der Waals surface area contributed by atoms with Crippen LogP contribution in [0.4, 0.5) is 5.13 Å². The van der Waals surface area contributed by atoms with Crippen LogP contribution in [0.25, 0.3) is 10.2 Å². The molecule has 2 heterocycles. The first-order chi connectivity index (χ1) is 12.4. The minimum absolute atomic E-state index is 0. The molecule has 0 aliphatic rings. The zero-order chi connectivity index (χ0) is 18.7. The lowest BCUT2D eigenvalue weighted by atomic mass is 10.1. The lowest BCUT2D eigenvalue weighted by Crippen LogP contribution is -2.34. The van der Waals surface area contributed by atoms with Crippen molar-refractivity contribution in [2.45, 2.75) is 26.7 Å². The van der Waals surface area contributed by atoms with Crippen molar-refractivity contribution in [3.05, 3.63) is 45.6 Å². The van der Waals surface area contributed by atoms with E-state index in [0.717, 1.165) is 28.5 Å². The van der Waals surface area contributed by atoms with Crippen molar-refractivity contribution in [1.29, 1.82) is 0 Å². The van der Waals surface area contributed by atoms with Crippen LogP contribution in [0.15, 0.2) is 29.6 Å². The quantitative estimate of drug-likeness (QED) is 0.540. The Labute approximate surface area is 175 Å². The molecule has 3 aromatic rings. The van der Waals surface area contributed by atoms with E-state index >= 15 is 0 Å². The molecule has 27 heavy (non-hydrogen) atoms. The second-order valence-corrected chi connectivity index (χ2v) is 8.89. The van der Waals surface area contributed by atoms with Crippen molar-refractivity contribution in [1.82, 2.24) is 9.88 Å². The van der Waals surface area contributed by atoms with Gasteiger partial charge in [0.05, 0.1) is 16.6 Å². The molecule has 0 N–H and O–H groups in total. The Kier molecular flexibility index (Phi) is 7.79. The number of hydrogen-bond donors (Lipinski definition) is 0. The van der Waals surface area contributed by atoms with E-state index in [9.17, 15) is 4.79 Å². The van der Waals surface area contributed by atoms with Crippen molar-refractivity contribution in [3.8, 4) is 0 Å². The van der Waals surface area contributed by atoms with E-state index in [4.69, 9.17) is 4.98 Å². The van der Waals surface area contributed by atoms with Gasteiger partial charge in [-0.15, -0.1) is 23.7 Å². The van der Waals surface area contributed by atoms with Crippen molar-refractivity contribution in [2.24, 2.45) is 0 Å². The van der Waals surface area contributed by atoms with Gasteiger partial charge in [0.25, 0.3) is 0 Å². The molecule has 0 aliphatic carbocycles. The lowest BCUT2D eigenvalue weighted by molar-refractivity contribution is -0.118. The van der Waals surface area contributed by atoms with Crippen LogP contribution in [0, 0.1) is 13.8 Å². The zero-order valence-electron chi connectivity index (χ0n) is 16.2. The minimum atomic E-state index is 0. The Bertz CT molecular complexity index is 890. The van der Waals surface area contributed by atoms with Gasteiger partial charge in [0.1, 0.15) is 0 Å². The van der Waals surface area contributed by atoms with Gasteiger partial charge in [-0.05, 0) is 69.5 Å². The molecule has 1 aromatic carbocycles. The van der Waals surface area contributed by atoms with Crippen molar-refractivity contribution < 1.29 is 4.79 Å². The largest absolute Gasteiger partial charge is 0.309 e. The van der Waals surface area contributed by atoms with Gasteiger partial charge in [0, 0.05) is 11.4 Å². The standard InChI is InChI=1S/C20H25N3OS2.ClH/c1-14-11-15(2)19-17(12-14)21-20(26-19)23(9-6-8-22(3)4)18(24)13-16-7-5-10-25-16;/h5,7,10-12H,6,8-9,13H2,1-4H3;1H. The molecule has 0 atom stereocenters. The summed E-state index contributed by atoms with van der Waals surface area (Å²) in [5.41, 5.74) is 3.42. The van der Waals surface area contributed by atoms with Gasteiger partial charge < -0.3 is 4.90 Å². The maximum absolute atomic E-state index is 13.0. The number of anilines is 1. The van der Waals surface area contributed by atoms with Crippen LogP contribution < -0.4 is 4.90 Å². The average Bonchev–Trinajstić information content (AvgIpc) is 3.20. The summed E-state index contributed by atoms with van der Waals surface area (Å²) in [6, 6.07) is 8.29. The normalized spacial score (nSPS) is 11.0. The van der Waals surface area contributed by atoms with Crippen LogP contribution in [-0.2, 0) is 11.2 Å². The number of thiazole rings is 1. The number of benzene rings is 1. The minimum Gasteiger partial charge on any atom is -0.309 e. The molecule has 146 valence electrons. The van der Waals surface area contributed by atoms with Crippen LogP contribution in [0.3, 0.4) is 0 Å². The third kappa shape index (κ3) is 5.51. The number of amides is 1. The van der Waals surface area contributed by atoms with E-state index in [0.29, 0.717) is 13.0 Å². The second-order valence-electron chi connectivity index (χ2n) is 6.88. The predicted octanol–water partition coefficient (Wildman–Crippen LogP) is 4.92. The number of halogens is 1. The summed E-state index contributed by atoms with van der Waals surface area (Å²) in [5, 5.41) is 2.83. The number of aryl methyl sites for hydroxylation is 2. The highest BCUT2D eigenvalue weighted by atomic mass is 35.5. The molecular formula is C20H26ClN3OS2. The number of carbonyl (C=O) groups is 1. The fourth-order valence-electron chi connectivity index (χ4n) is 3.01. The molecule has 0 radical (unpaired) electrons. The first-order valence-corrected chi connectivity index (χ1v) is 10.5. The summed E-state index contributed by atoms with van der Waals surface area (Å²) in [5.74, 6) is 0.125. The average molecular weight is 424 g/mol. The van der Waals surface area contributed by atoms with Gasteiger partial charge in [-0.1, -0.05) is 23.5 Å². The lowest BCUT2D eigenvalue weighted by Gasteiger charge is -2.20. The van der Waals surface area contributed by atoms with Gasteiger partial charge in [0.15, 0.2) is 5.13 Å². The van der Waals surface area contributed by atoms with Crippen molar-refractivity contribution in [3.63, 3.8) is 0 Å². The van der Waals surface area contributed by atoms with E-state index in [1.807, 2.05) is 22.4 Å². The number of rotatable bonds is 7. The van der Waals surface area contributed by atoms with Crippen molar-refractivity contribution >= 4 is 56.3 Å². The second kappa shape index (κ2) is 9.64. The smallest absolute Gasteiger partial charge is 0.234 e. The SMILES string of the molecule is Cc1cc(C)c2sc(N(CCCN(C)C)C(=O)Cc3cccs3)nc2c1.Cl. The molecular weight excluding hydrogens is 398 g/mol. The number of hydrogen-bond acceptors (Lipinski definition) is 5. The summed E-state index contributed by atoms with van der Waals surface area (Å²) >= 11 is 3.25. The first-order valence-electron chi connectivity index (χ1n) is 8.79. The molecule has 3 rings (SSSR count). The number of fused-ring (bicyclic) bond motifs is 1. The molecule has 0 spiro atoms. The summed E-state index contributed by atoms with van der Waals surface area (Å²) in [4.78, 5) is 22.9. The monoisotopic (exact) mass is 423 g/mol. The highest BCUT2D eigenvalue weighted by molar-refractivity contribution is 7.22. The summed E-state index contributed by atoms with van der Waals surface area (Å²) in [7, 11) is 4.11. The van der Waals surface area contributed by atoms with Gasteiger partial charge in [0.2, 0.25) is 5.91 Å². The molecule has 1 amide bonds. The van der Waals surface area contributed by atoms with Crippen LogP contribution in [0.1, 0.15) is 22.4 Å². The summed E-state index contributed by atoms with van der Waals surface area (Å²) in [6.07, 6.45) is 1.37. The van der Waals surface area contributed by atoms with Gasteiger partial charge in [-0.2, -0.15) is 0 Å². The number of thiophene rings is 1. The fraction of sp³-hybridized carbons (Fsp3) is 0.400. The topological polar surface area (TPSA) is 36.4 Å². The Hall–Kier alpha value is -1.47. The number of aromatic nitrogens is 1. The van der Waals surface area contributed by atoms with E-state index in [1.54, 1.807) is 22.7 Å². The maximum Gasteiger partial charge on any atom is 0.234 e. The number of nitrogens with zero attached hydrogens (tertiary/aromatic N) is 3. The molecule has 0 saturated heterocycles. The molecule has 0 saturated carbocycles. The third-order valence-corrected chi connectivity index (χ3v) is 6.34. The summed E-state index contributed by atoms with van der Waals surface area (Å²) in [6.45, 7) is 5.84. The van der Waals surface area contributed by atoms with Gasteiger partial charge in [-0.3, -0.25) is 9.69 Å². The van der Waals surface area contributed by atoms with Crippen molar-refractivity contribution in [2.75, 3.05) is 32.1 Å². The van der Waals surface area contributed by atoms with Crippen LogP contribution in [-0.4, -0.2) is 43.0 Å². The molecule has 0 unspecified atom stereocenters. The Balaban J connectivity index is 0.00000261. The van der Waals surface area contributed by atoms with E-state index in [1.165, 1.54) is 15.8 Å². The highest BCUT2D eigenvalue weighted by Gasteiger charge is 2.21. The fourth-order valence-corrected chi connectivity index (χ4v) is 4.76. The van der Waals surface area contributed by atoms with Gasteiger partial charge in [-0.25, -0.2) is 4.98 Å². The van der Waals surface area contributed by atoms with Gasteiger partial charge >= 0.3 is 0 Å². The molecule has 7 heteroatoms.